The van der Waals surface area contributed by atoms with Crippen LogP contribution in [0.1, 0.15) is 25.6 Å². The Hall–Kier alpha value is -1.40. The maximum absolute atomic E-state index is 5.74. The molecule has 0 fully saturated rings. The van der Waals surface area contributed by atoms with Crippen molar-refractivity contribution < 1.29 is 4.74 Å². The van der Waals surface area contributed by atoms with E-state index in [-0.39, 0.29) is 0 Å². The highest BCUT2D eigenvalue weighted by atomic mass is 32.1. The maximum Gasteiger partial charge on any atom is 0.241 e. The number of hydrogen-bond acceptors (Lipinski definition) is 6. The summed E-state index contributed by atoms with van der Waals surface area (Å²) in [7, 11) is 0. The zero-order valence-corrected chi connectivity index (χ0v) is 11.7. The monoisotopic (exact) mass is 266 g/mol. The third-order valence-electron chi connectivity index (χ3n) is 2.44. The fraction of sp³-hybridized carbons (Fsp3) is 0.500. The highest BCUT2D eigenvalue weighted by Gasteiger charge is 2.12. The Bertz CT molecular complexity index is 538. The van der Waals surface area contributed by atoms with Gasteiger partial charge < -0.3 is 4.74 Å². The number of nitrogen functional groups attached to an aromatic ring is 1. The van der Waals surface area contributed by atoms with Crippen LogP contribution in [0.4, 0.5) is 5.95 Å². The molecule has 0 amide bonds. The van der Waals surface area contributed by atoms with Gasteiger partial charge in [0.25, 0.3) is 0 Å². The lowest BCUT2D eigenvalue weighted by Gasteiger charge is -2.09. The number of anilines is 1. The second-order valence-electron chi connectivity index (χ2n) is 4.49. The Labute approximate surface area is 110 Å². The van der Waals surface area contributed by atoms with Crippen LogP contribution >= 0.6 is 11.3 Å². The van der Waals surface area contributed by atoms with Gasteiger partial charge in [-0.05, 0) is 18.4 Å². The van der Waals surface area contributed by atoms with E-state index in [1.165, 1.54) is 4.88 Å². The second-order valence-corrected chi connectivity index (χ2v) is 5.60. The number of hydrogen-bond donors (Lipinski definition) is 2. The molecule has 3 N–H and O–H groups in total. The first-order valence-corrected chi connectivity index (χ1v) is 6.85. The van der Waals surface area contributed by atoms with Crippen molar-refractivity contribution in [1.82, 2.24) is 9.97 Å². The van der Waals surface area contributed by atoms with Gasteiger partial charge in [0.15, 0.2) is 0 Å². The Morgan fingerprint density at radius 3 is 2.83 bits per heavy atom. The topological polar surface area (TPSA) is 73.1 Å². The number of ether oxygens (including phenoxy) is 1. The lowest BCUT2D eigenvalue weighted by atomic mass is 10.2. The number of hydrazine groups is 1. The molecule has 0 saturated heterocycles. The minimum atomic E-state index is 0.394. The third-order valence-corrected chi connectivity index (χ3v) is 3.61. The van der Waals surface area contributed by atoms with Gasteiger partial charge in [-0.15, -0.1) is 11.3 Å². The van der Waals surface area contributed by atoms with E-state index >= 15 is 0 Å². The molecule has 2 rings (SSSR count). The molecule has 0 aliphatic carbocycles. The van der Waals surface area contributed by atoms with Gasteiger partial charge in [-0.2, -0.15) is 4.98 Å². The molecular formula is C12H18N4OS. The van der Waals surface area contributed by atoms with E-state index in [2.05, 4.69) is 42.2 Å². The minimum absolute atomic E-state index is 0.394. The molecule has 2 aromatic rings. The van der Waals surface area contributed by atoms with Crippen molar-refractivity contribution in [2.75, 3.05) is 12.0 Å². The average molecular weight is 266 g/mol. The van der Waals surface area contributed by atoms with Gasteiger partial charge in [-0.1, -0.05) is 20.8 Å². The molecule has 5 nitrogen and oxygen atoms in total. The Morgan fingerprint density at radius 2 is 2.22 bits per heavy atom. The summed E-state index contributed by atoms with van der Waals surface area (Å²) in [4.78, 5) is 10.8. The third kappa shape index (κ3) is 2.70. The van der Waals surface area contributed by atoms with Crippen LogP contribution in [0.2, 0.25) is 0 Å². The lowest BCUT2D eigenvalue weighted by molar-refractivity contribution is 0.265. The molecular weight excluding hydrogens is 248 g/mol. The molecule has 6 heteroatoms. The molecule has 0 aliphatic heterocycles. The average Bonchev–Trinajstić information content (AvgIpc) is 2.78. The first kappa shape index (κ1) is 13.0. The number of nitrogens with two attached hydrogens (primary N) is 1. The van der Waals surface area contributed by atoms with Crippen molar-refractivity contribution in [3.05, 3.63) is 10.9 Å². The van der Waals surface area contributed by atoms with Crippen LogP contribution in [0.25, 0.3) is 10.2 Å². The molecule has 0 atom stereocenters. The number of nitrogens with zero attached hydrogens (tertiary/aromatic N) is 2. The van der Waals surface area contributed by atoms with Gasteiger partial charge in [-0.3, -0.25) is 5.43 Å². The Kier molecular flexibility index (Phi) is 3.98. The van der Waals surface area contributed by atoms with Crippen molar-refractivity contribution in [1.29, 1.82) is 0 Å². The van der Waals surface area contributed by atoms with Crippen LogP contribution in [0.15, 0.2) is 6.07 Å². The van der Waals surface area contributed by atoms with E-state index in [0.29, 0.717) is 24.4 Å². The lowest BCUT2D eigenvalue weighted by Crippen LogP contribution is -2.12. The summed E-state index contributed by atoms with van der Waals surface area (Å²) in [5.41, 5.74) is 2.48. The largest absolute Gasteiger partial charge is 0.477 e. The summed E-state index contributed by atoms with van der Waals surface area (Å²) in [5.74, 6) is 6.83. The predicted octanol–water partition coefficient (Wildman–Crippen LogP) is 2.57. The van der Waals surface area contributed by atoms with Gasteiger partial charge in [-0.25, -0.2) is 10.8 Å². The molecule has 0 aromatic carbocycles. The predicted molar refractivity (Wildman–Crippen MR) is 74.9 cm³/mol. The number of nitrogens with one attached hydrogen (secondary N) is 1. The van der Waals surface area contributed by atoms with Crippen molar-refractivity contribution in [2.45, 2.75) is 27.2 Å². The van der Waals surface area contributed by atoms with Crippen LogP contribution in [0, 0.1) is 5.92 Å². The Morgan fingerprint density at radius 1 is 1.44 bits per heavy atom. The van der Waals surface area contributed by atoms with Crippen LogP contribution < -0.4 is 16.0 Å². The van der Waals surface area contributed by atoms with Gasteiger partial charge in [0.05, 0.1) is 12.0 Å². The molecule has 0 saturated carbocycles. The van der Waals surface area contributed by atoms with E-state index < -0.39 is 0 Å². The van der Waals surface area contributed by atoms with E-state index in [4.69, 9.17) is 10.6 Å². The van der Waals surface area contributed by atoms with E-state index in [0.717, 1.165) is 16.6 Å². The van der Waals surface area contributed by atoms with Crippen LogP contribution in [0.5, 0.6) is 5.88 Å². The highest BCUT2D eigenvalue weighted by Crippen LogP contribution is 2.31. The van der Waals surface area contributed by atoms with E-state index in [1.807, 2.05) is 0 Å². The smallest absolute Gasteiger partial charge is 0.241 e. The molecule has 18 heavy (non-hydrogen) atoms. The number of aryl methyl sites for hydroxylation is 1. The van der Waals surface area contributed by atoms with Crippen molar-refractivity contribution in [3.63, 3.8) is 0 Å². The molecule has 2 aromatic heterocycles. The van der Waals surface area contributed by atoms with Crippen molar-refractivity contribution >= 4 is 27.5 Å². The summed E-state index contributed by atoms with van der Waals surface area (Å²) in [6.07, 6.45) is 0.982. The van der Waals surface area contributed by atoms with Gasteiger partial charge >= 0.3 is 0 Å². The maximum atomic E-state index is 5.74. The van der Waals surface area contributed by atoms with Crippen LogP contribution in [-0.4, -0.2) is 16.6 Å². The zero-order valence-electron chi connectivity index (χ0n) is 10.9. The number of rotatable bonds is 5. The second kappa shape index (κ2) is 5.49. The number of aromatic nitrogens is 2. The molecule has 98 valence electrons. The van der Waals surface area contributed by atoms with E-state index in [9.17, 15) is 0 Å². The molecule has 0 bridgehead atoms. The summed E-state index contributed by atoms with van der Waals surface area (Å²) < 4.78 is 5.74. The van der Waals surface area contributed by atoms with Crippen LogP contribution in [-0.2, 0) is 6.42 Å². The molecule has 0 aliphatic rings. The van der Waals surface area contributed by atoms with Gasteiger partial charge in [0, 0.05) is 4.88 Å². The van der Waals surface area contributed by atoms with Gasteiger partial charge in [0.2, 0.25) is 11.8 Å². The summed E-state index contributed by atoms with van der Waals surface area (Å²) >= 11 is 1.65. The minimum Gasteiger partial charge on any atom is -0.477 e. The van der Waals surface area contributed by atoms with E-state index in [1.54, 1.807) is 11.3 Å². The van der Waals surface area contributed by atoms with Gasteiger partial charge in [0.1, 0.15) is 4.83 Å². The highest BCUT2D eigenvalue weighted by molar-refractivity contribution is 7.18. The first-order valence-electron chi connectivity index (χ1n) is 6.04. The first-order chi connectivity index (χ1) is 8.63. The summed E-state index contributed by atoms with van der Waals surface area (Å²) in [5, 5.41) is 0.969. The van der Waals surface area contributed by atoms with Crippen molar-refractivity contribution in [3.8, 4) is 5.88 Å². The number of thiophene rings is 1. The fourth-order valence-electron chi connectivity index (χ4n) is 1.54. The van der Waals surface area contributed by atoms with Crippen LogP contribution in [0.3, 0.4) is 0 Å². The fourth-order valence-corrected chi connectivity index (χ4v) is 2.50. The molecule has 2 heterocycles. The zero-order chi connectivity index (χ0) is 13.1. The molecule has 0 unspecified atom stereocenters. The molecule has 0 spiro atoms. The standard InChI is InChI=1S/C12H18N4OS/c1-4-8-5-9-10(17-6-7(2)3)14-12(16-13)15-11(9)18-8/h5,7H,4,6,13H2,1-3H3,(H,14,15,16). The SMILES string of the molecule is CCc1cc2c(OCC(C)C)nc(NN)nc2s1. The normalized spacial score (nSPS) is 11.2. The summed E-state index contributed by atoms with van der Waals surface area (Å²) in [6.45, 7) is 6.96. The number of fused-ring (bicyclic) bond motifs is 1. The van der Waals surface area contributed by atoms with Crippen molar-refractivity contribution in [2.24, 2.45) is 11.8 Å². The Balaban J connectivity index is 2.43. The quantitative estimate of drug-likeness (QED) is 0.643. The molecule has 0 radical (unpaired) electrons. The summed E-state index contributed by atoms with van der Waals surface area (Å²) in [6, 6.07) is 2.09.